The third-order valence-corrected chi connectivity index (χ3v) is 2.73. The maximum Gasteiger partial charge on any atom is 0.244 e. The normalized spacial score (nSPS) is 11.7. The summed E-state index contributed by atoms with van der Waals surface area (Å²) in [5, 5.41) is 2.49. The Morgan fingerprint density at radius 1 is 1.33 bits per heavy atom. The quantitative estimate of drug-likeness (QED) is 0.787. The molecule has 0 bridgehead atoms. The van der Waals surface area contributed by atoms with Crippen LogP contribution in [0.1, 0.15) is 18.5 Å². The van der Waals surface area contributed by atoms with Crippen molar-refractivity contribution in [3.63, 3.8) is 0 Å². The summed E-state index contributed by atoms with van der Waals surface area (Å²) in [5.74, 6) is -0.447. The van der Waals surface area contributed by atoms with E-state index in [1.807, 2.05) is 25.1 Å². The van der Waals surface area contributed by atoms with E-state index in [2.05, 4.69) is 5.32 Å². The fraction of sp³-hybridized carbons (Fsp3) is 0.385. The summed E-state index contributed by atoms with van der Waals surface area (Å²) in [7, 11) is 1.54. The van der Waals surface area contributed by atoms with Crippen molar-refractivity contribution in [1.82, 2.24) is 10.2 Å². The summed E-state index contributed by atoms with van der Waals surface area (Å²) in [6, 6.07) is 8.40. The zero-order valence-corrected chi connectivity index (χ0v) is 10.7. The molecule has 18 heavy (non-hydrogen) atoms. The van der Waals surface area contributed by atoms with Gasteiger partial charge in [0.15, 0.2) is 0 Å². The van der Waals surface area contributed by atoms with E-state index in [1.54, 1.807) is 12.1 Å². The molecule has 0 spiro atoms. The van der Waals surface area contributed by atoms with Gasteiger partial charge in [-0.1, -0.05) is 30.3 Å². The molecule has 0 aliphatic rings. The average Bonchev–Trinajstić information content (AvgIpc) is 2.43. The minimum Gasteiger partial charge on any atom is -0.358 e. The second-order valence-corrected chi connectivity index (χ2v) is 3.91. The van der Waals surface area contributed by atoms with Crippen molar-refractivity contribution in [1.29, 1.82) is 0 Å². The molecule has 0 unspecified atom stereocenters. The molecule has 0 radical (unpaired) electrons. The molecule has 0 aromatic heterocycles. The van der Waals surface area contributed by atoms with Crippen molar-refractivity contribution in [2.24, 2.45) is 5.73 Å². The van der Waals surface area contributed by atoms with Crippen LogP contribution < -0.4 is 11.1 Å². The van der Waals surface area contributed by atoms with Crippen LogP contribution in [0.3, 0.4) is 0 Å². The molecule has 0 fully saturated rings. The number of amides is 2. The Bertz CT molecular complexity index is 406. The second-order valence-electron chi connectivity index (χ2n) is 3.91. The van der Waals surface area contributed by atoms with Crippen molar-refractivity contribution in [2.45, 2.75) is 13.0 Å². The van der Waals surface area contributed by atoms with Crippen LogP contribution >= 0.6 is 0 Å². The first-order valence-electron chi connectivity index (χ1n) is 5.90. The number of hydrogen-bond acceptors (Lipinski definition) is 3. The third-order valence-electron chi connectivity index (χ3n) is 2.73. The molecule has 98 valence electrons. The summed E-state index contributed by atoms with van der Waals surface area (Å²) in [6.45, 7) is 2.30. The molecule has 1 rings (SSSR count). The number of likely N-dealkylation sites (N-methyl/N-ethyl adjacent to an activating group) is 2. The van der Waals surface area contributed by atoms with E-state index in [1.165, 1.54) is 11.9 Å². The fourth-order valence-corrected chi connectivity index (χ4v) is 1.60. The van der Waals surface area contributed by atoms with Gasteiger partial charge in [-0.2, -0.15) is 0 Å². The first kappa shape index (κ1) is 14.2. The highest BCUT2D eigenvalue weighted by molar-refractivity contribution is 5.88. The van der Waals surface area contributed by atoms with Crippen LogP contribution in [0.15, 0.2) is 30.3 Å². The number of rotatable bonds is 5. The molecule has 1 aromatic carbocycles. The molecule has 0 aliphatic carbocycles. The van der Waals surface area contributed by atoms with Gasteiger partial charge in [0.25, 0.3) is 0 Å². The van der Waals surface area contributed by atoms with Crippen LogP contribution in [0.5, 0.6) is 0 Å². The number of nitrogens with two attached hydrogens (primary N) is 1. The molecular formula is C13H19N3O2. The van der Waals surface area contributed by atoms with Gasteiger partial charge in [0.2, 0.25) is 11.8 Å². The first-order valence-corrected chi connectivity index (χ1v) is 5.90. The average molecular weight is 249 g/mol. The van der Waals surface area contributed by atoms with Gasteiger partial charge in [-0.25, -0.2) is 0 Å². The lowest BCUT2D eigenvalue weighted by Crippen LogP contribution is -2.43. The van der Waals surface area contributed by atoms with Crippen molar-refractivity contribution < 1.29 is 9.59 Å². The van der Waals surface area contributed by atoms with Crippen LogP contribution in [-0.2, 0) is 9.59 Å². The maximum atomic E-state index is 12.1. The lowest BCUT2D eigenvalue weighted by molar-refractivity contribution is -0.136. The highest BCUT2D eigenvalue weighted by atomic mass is 16.2. The molecule has 1 aromatic rings. The Labute approximate surface area is 107 Å². The minimum atomic E-state index is -0.726. The Morgan fingerprint density at radius 3 is 2.44 bits per heavy atom. The number of carbonyl (C=O) groups is 2. The number of benzene rings is 1. The molecule has 5 heteroatoms. The van der Waals surface area contributed by atoms with E-state index in [0.717, 1.165) is 5.56 Å². The van der Waals surface area contributed by atoms with E-state index in [0.29, 0.717) is 6.54 Å². The smallest absolute Gasteiger partial charge is 0.244 e. The van der Waals surface area contributed by atoms with Crippen molar-refractivity contribution in [3.8, 4) is 0 Å². The SMILES string of the molecule is CCN(CC(=O)NC)C(=O)[C@H](N)c1ccccc1. The molecule has 0 saturated heterocycles. The fourth-order valence-electron chi connectivity index (χ4n) is 1.60. The largest absolute Gasteiger partial charge is 0.358 e. The molecule has 2 amide bonds. The molecule has 0 heterocycles. The summed E-state index contributed by atoms with van der Waals surface area (Å²) >= 11 is 0. The Kier molecular flexibility index (Phi) is 5.32. The van der Waals surface area contributed by atoms with Gasteiger partial charge < -0.3 is 16.0 Å². The van der Waals surface area contributed by atoms with Gasteiger partial charge in [0.05, 0.1) is 6.54 Å². The highest BCUT2D eigenvalue weighted by Crippen LogP contribution is 2.12. The minimum absolute atomic E-state index is 0.0341. The number of nitrogens with one attached hydrogen (secondary N) is 1. The van der Waals surface area contributed by atoms with Crippen LogP contribution in [0.25, 0.3) is 0 Å². The van der Waals surface area contributed by atoms with Crippen LogP contribution in [0.2, 0.25) is 0 Å². The molecular weight excluding hydrogens is 230 g/mol. The van der Waals surface area contributed by atoms with Gasteiger partial charge in [-0.15, -0.1) is 0 Å². The number of carbonyl (C=O) groups excluding carboxylic acids is 2. The lowest BCUT2D eigenvalue weighted by Gasteiger charge is -2.23. The van der Waals surface area contributed by atoms with E-state index in [-0.39, 0.29) is 18.4 Å². The van der Waals surface area contributed by atoms with Crippen molar-refractivity contribution in [3.05, 3.63) is 35.9 Å². The van der Waals surface area contributed by atoms with Crippen molar-refractivity contribution >= 4 is 11.8 Å². The Balaban J connectivity index is 2.75. The van der Waals surface area contributed by atoms with Gasteiger partial charge >= 0.3 is 0 Å². The van der Waals surface area contributed by atoms with Crippen LogP contribution in [0, 0.1) is 0 Å². The summed E-state index contributed by atoms with van der Waals surface area (Å²) in [5.41, 5.74) is 6.66. The standard InChI is InChI=1S/C13H19N3O2/c1-3-16(9-11(17)15-2)13(18)12(14)10-7-5-4-6-8-10/h4-8,12H,3,9,14H2,1-2H3,(H,15,17)/t12-/m1/s1. The molecule has 3 N–H and O–H groups in total. The summed E-state index contributed by atoms with van der Waals surface area (Å²) in [6.07, 6.45) is 0. The van der Waals surface area contributed by atoms with E-state index in [4.69, 9.17) is 5.73 Å². The topological polar surface area (TPSA) is 75.4 Å². The third kappa shape index (κ3) is 3.56. The summed E-state index contributed by atoms with van der Waals surface area (Å²) in [4.78, 5) is 24.9. The lowest BCUT2D eigenvalue weighted by atomic mass is 10.1. The molecule has 0 aliphatic heterocycles. The predicted molar refractivity (Wildman–Crippen MR) is 69.7 cm³/mol. The highest BCUT2D eigenvalue weighted by Gasteiger charge is 2.22. The zero-order chi connectivity index (χ0) is 13.5. The molecule has 5 nitrogen and oxygen atoms in total. The van der Waals surface area contributed by atoms with Crippen LogP contribution in [-0.4, -0.2) is 36.9 Å². The van der Waals surface area contributed by atoms with E-state index >= 15 is 0 Å². The second kappa shape index (κ2) is 6.76. The maximum absolute atomic E-state index is 12.1. The zero-order valence-electron chi connectivity index (χ0n) is 10.7. The number of hydrogen-bond donors (Lipinski definition) is 2. The Morgan fingerprint density at radius 2 is 1.94 bits per heavy atom. The van der Waals surface area contributed by atoms with E-state index < -0.39 is 6.04 Å². The van der Waals surface area contributed by atoms with Gasteiger partial charge in [0, 0.05) is 13.6 Å². The predicted octanol–water partition coefficient (Wildman–Crippen LogP) is 0.281. The Hall–Kier alpha value is -1.88. The number of nitrogens with zero attached hydrogens (tertiary/aromatic N) is 1. The van der Waals surface area contributed by atoms with Gasteiger partial charge in [0.1, 0.15) is 6.04 Å². The summed E-state index contributed by atoms with van der Waals surface area (Å²) < 4.78 is 0. The van der Waals surface area contributed by atoms with Gasteiger partial charge in [-0.05, 0) is 12.5 Å². The van der Waals surface area contributed by atoms with Crippen molar-refractivity contribution in [2.75, 3.05) is 20.1 Å². The van der Waals surface area contributed by atoms with Gasteiger partial charge in [-0.3, -0.25) is 9.59 Å². The molecule has 0 saturated carbocycles. The molecule has 1 atom stereocenters. The first-order chi connectivity index (χ1) is 8.60. The van der Waals surface area contributed by atoms with E-state index in [9.17, 15) is 9.59 Å². The monoisotopic (exact) mass is 249 g/mol. The van der Waals surface area contributed by atoms with Crippen LogP contribution in [0.4, 0.5) is 0 Å².